The number of aromatic nitrogens is 4. The van der Waals surface area contributed by atoms with E-state index in [0.29, 0.717) is 0 Å². The molecule has 5 aromatic rings. The van der Waals surface area contributed by atoms with Gasteiger partial charge in [0.2, 0.25) is 0 Å². The lowest BCUT2D eigenvalue weighted by Crippen LogP contribution is -2.07. The molecule has 6 heteroatoms. The van der Waals surface area contributed by atoms with Gasteiger partial charge in [-0.25, -0.2) is 4.98 Å². The van der Waals surface area contributed by atoms with Gasteiger partial charge in [-0.05, 0) is 35.9 Å². The van der Waals surface area contributed by atoms with Gasteiger partial charge in [-0.15, -0.1) is 0 Å². The molecule has 3 heterocycles. The molecule has 0 aliphatic rings. The minimum atomic E-state index is -0.384. The maximum Gasteiger partial charge on any atom is 0.323 e. The minimum Gasteiger partial charge on any atom is -0.378 e. The second-order valence-electron chi connectivity index (χ2n) is 7.86. The maximum absolute atomic E-state index is 12.5. The van der Waals surface area contributed by atoms with E-state index >= 15 is 0 Å². The van der Waals surface area contributed by atoms with Crippen molar-refractivity contribution in [3.63, 3.8) is 0 Å². The summed E-state index contributed by atoms with van der Waals surface area (Å²) >= 11 is 0. The van der Waals surface area contributed by atoms with Crippen molar-refractivity contribution in [3.05, 3.63) is 91.0 Å². The summed E-state index contributed by atoms with van der Waals surface area (Å²) < 4.78 is 1.27. The van der Waals surface area contributed by atoms with E-state index in [4.69, 9.17) is 0 Å². The van der Waals surface area contributed by atoms with Crippen molar-refractivity contribution in [1.29, 1.82) is 0 Å². The fourth-order valence-corrected chi connectivity index (χ4v) is 3.63. The molecule has 0 aliphatic carbocycles. The molecule has 0 unspecified atom stereocenters. The average Bonchev–Trinajstić information content (AvgIpc) is 3.50. The second-order valence-corrected chi connectivity index (χ2v) is 7.86. The Hall–Kier alpha value is -4.63. The van der Waals surface area contributed by atoms with Gasteiger partial charge in [0.05, 0.1) is 6.20 Å². The summed E-state index contributed by atoms with van der Waals surface area (Å²) in [6, 6.07) is 19.9. The molecule has 3 aromatic heterocycles. The van der Waals surface area contributed by atoms with E-state index in [1.54, 1.807) is 12.4 Å². The zero-order valence-electron chi connectivity index (χ0n) is 18.3. The lowest BCUT2D eigenvalue weighted by Gasteiger charge is -2.12. The van der Waals surface area contributed by atoms with E-state index in [-0.39, 0.29) is 5.91 Å². The quantitative estimate of drug-likeness (QED) is 0.415. The van der Waals surface area contributed by atoms with Crippen LogP contribution in [-0.2, 0) is 0 Å². The Morgan fingerprint density at radius 1 is 0.970 bits per heavy atom. The molecule has 5 rings (SSSR count). The molecule has 2 aromatic carbocycles. The van der Waals surface area contributed by atoms with Crippen LogP contribution >= 0.6 is 0 Å². The topological polar surface area (TPSA) is 66.8 Å². The van der Waals surface area contributed by atoms with Crippen LogP contribution in [0.4, 0.5) is 5.69 Å². The van der Waals surface area contributed by atoms with Crippen LogP contribution in [-0.4, -0.2) is 39.8 Å². The number of aromatic amines is 1. The fraction of sp³-hybridized carbons (Fsp3) is 0.0741. The number of carbonyl (C=O) groups excluding carboxylic acids is 1. The fourth-order valence-electron chi connectivity index (χ4n) is 3.63. The van der Waals surface area contributed by atoms with Crippen LogP contribution in [0.15, 0.2) is 85.5 Å². The Balaban J connectivity index is 1.45. The number of nitrogens with one attached hydrogen (secondary N) is 1. The summed E-state index contributed by atoms with van der Waals surface area (Å²) in [4.78, 5) is 22.3. The molecule has 33 heavy (non-hydrogen) atoms. The van der Waals surface area contributed by atoms with Gasteiger partial charge in [0.1, 0.15) is 5.65 Å². The summed E-state index contributed by atoms with van der Waals surface area (Å²) in [6.45, 7) is 0. The van der Waals surface area contributed by atoms with Crippen LogP contribution in [0.1, 0.15) is 10.4 Å². The zero-order valence-corrected chi connectivity index (χ0v) is 18.3. The van der Waals surface area contributed by atoms with Crippen LogP contribution in [0.2, 0.25) is 0 Å². The molecule has 1 N–H and O–H groups in total. The number of H-pyrrole nitrogens is 1. The SMILES string of the molecule is CN(C)c1ccc(-c2cnc3[nH]cc(-c4cnn(C(=O)C#Cc5ccccc5)c4)c3c2)cc1. The number of rotatable bonds is 3. The van der Waals surface area contributed by atoms with E-state index in [9.17, 15) is 4.79 Å². The molecule has 0 aliphatic heterocycles. The number of fused-ring (bicyclic) bond motifs is 1. The molecule has 0 saturated heterocycles. The van der Waals surface area contributed by atoms with E-state index in [2.05, 4.69) is 62.1 Å². The monoisotopic (exact) mass is 431 g/mol. The summed E-state index contributed by atoms with van der Waals surface area (Å²) in [6.07, 6.45) is 7.11. The van der Waals surface area contributed by atoms with Crippen LogP contribution in [0.5, 0.6) is 0 Å². The molecule has 0 amide bonds. The number of benzene rings is 2. The first-order chi connectivity index (χ1) is 16.1. The van der Waals surface area contributed by atoms with Gasteiger partial charge >= 0.3 is 5.91 Å². The second kappa shape index (κ2) is 8.48. The first-order valence-corrected chi connectivity index (χ1v) is 10.5. The molecule has 0 bridgehead atoms. The summed E-state index contributed by atoms with van der Waals surface area (Å²) in [5.74, 6) is 5.13. The first kappa shape index (κ1) is 20.3. The molecule has 0 saturated carbocycles. The first-order valence-electron chi connectivity index (χ1n) is 10.5. The van der Waals surface area contributed by atoms with Gasteiger partial charge in [-0.2, -0.15) is 9.78 Å². The van der Waals surface area contributed by atoms with Crippen molar-refractivity contribution in [2.45, 2.75) is 0 Å². The smallest absolute Gasteiger partial charge is 0.323 e. The van der Waals surface area contributed by atoms with Gasteiger partial charge in [-0.1, -0.05) is 36.3 Å². The van der Waals surface area contributed by atoms with Crippen LogP contribution in [0, 0.1) is 11.8 Å². The van der Waals surface area contributed by atoms with Crippen molar-refractivity contribution in [3.8, 4) is 34.1 Å². The molecule has 6 nitrogen and oxygen atoms in total. The highest BCUT2D eigenvalue weighted by Crippen LogP contribution is 2.31. The van der Waals surface area contributed by atoms with Crippen molar-refractivity contribution >= 4 is 22.6 Å². The zero-order chi connectivity index (χ0) is 22.8. The Kier molecular flexibility index (Phi) is 5.21. The summed E-state index contributed by atoms with van der Waals surface area (Å²) in [7, 11) is 4.04. The Labute approximate surface area is 191 Å². The highest BCUT2D eigenvalue weighted by molar-refractivity contribution is 5.98. The maximum atomic E-state index is 12.5. The van der Waals surface area contributed by atoms with Crippen molar-refractivity contribution < 1.29 is 4.79 Å². The third-order valence-corrected chi connectivity index (χ3v) is 5.44. The number of nitrogens with zero attached hydrogens (tertiary/aromatic N) is 4. The third kappa shape index (κ3) is 4.12. The van der Waals surface area contributed by atoms with E-state index in [1.807, 2.05) is 56.8 Å². The van der Waals surface area contributed by atoms with Gasteiger partial charge < -0.3 is 9.88 Å². The number of pyridine rings is 1. The normalized spacial score (nSPS) is 10.6. The third-order valence-electron chi connectivity index (χ3n) is 5.44. The molecule has 0 radical (unpaired) electrons. The van der Waals surface area contributed by atoms with Gasteiger partial charge in [0.15, 0.2) is 0 Å². The predicted octanol–water partition coefficient (Wildman–Crippen LogP) is 4.85. The van der Waals surface area contributed by atoms with Crippen LogP contribution in [0.25, 0.3) is 33.3 Å². The Morgan fingerprint density at radius 2 is 1.76 bits per heavy atom. The van der Waals surface area contributed by atoms with E-state index < -0.39 is 0 Å². The van der Waals surface area contributed by atoms with Crippen LogP contribution < -0.4 is 4.90 Å². The molecule has 0 fully saturated rings. The molecular formula is C27H21N5O. The molecule has 160 valence electrons. The Bertz CT molecular complexity index is 1500. The minimum absolute atomic E-state index is 0.384. The van der Waals surface area contributed by atoms with Crippen molar-refractivity contribution in [2.24, 2.45) is 0 Å². The van der Waals surface area contributed by atoms with Gasteiger partial charge in [0.25, 0.3) is 0 Å². The summed E-state index contributed by atoms with van der Waals surface area (Å²) in [5.41, 5.74) is 6.56. The molecular weight excluding hydrogens is 410 g/mol. The number of hydrogen-bond acceptors (Lipinski definition) is 4. The predicted molar refractivity (Wildman–Crippen MR) is 131 cm³/mol. The number of hydrogen-bond donors (Lipinski definition) is 1. The van der Waals surface area contributed by atoms with Crippen LogP contribution in [0.3, 0.4) is 0 Å². The molecule has 0 spiro atoms. The van der Waals surface area contributed by atoms with E-state index in [1.165, 1.54) is 4.68 Å². The van der Waals surface area contributed by atoms with Gasteiger partial charge in [0, 0.05) is 71.9 Å². The Morgan fingerprint density at radius 3 is 2.52 bits per heavy atom. The highest BCUT2D eigenvalue weighted by Gasteiger charge is 2.12. The summed E-state index contributed by atoms with van der Waals surface area (Å²) in [5, 5.41) is 5.19. The number of carbonyl (C=O) groups is 1. The lowest BCUT2D eigenvalue weighted by molar-refractivity contribution is 0.0965. The highest BCUT2D eigenvalue weighted by atomic mass is 16.2. The van der Waals surface area contributed by atoms with Crippen molar-refractivity contribution in [2.75, 3.05) is 19.0 Å². The average molecular weight is 431 g/mol. The standard InChI is InChI=1S/C27H21N5O/c1-31(2)23-11-9-20(10-12-23)21-14-24-25(17-29-27(24)28-15-21)22-16-30-32(18-22)26(33)13-8-19-6-4-3-5-7-19/h3-7,9-12,14-18H,1-2H3,(H,28,29). The van der Waals surface area contributed by atoms with E-state index in [0.717, 1.165) is 44.5 Å². The van der Waals surface area contributed by atoms with Gasteiger partial charge in [-0.3, -0.25) is 4.79 Å². The lowest BCUT2D eigenvalue weighted by atomic mass is 10.0. The van der Waals surface area contributed by atoms with Crippen molar-refractivity contribution in [1.82, 2.24) is 19.7 Å². The number of anilines is 1. The molecule has 0 atom stereocenters. The largest absolute Gasteiger partial charge is 0.378 e.